The van der Waals surface area contributed by atoms with Crippen LogP contribution in [0.5, 0.6) is 0 Å². The molecule has 43 heavy (non-hydrogen) atoms. The lowest BCUT2D eigenvalue weighted by Crippen LogP contribution is -2.46. The number of hydrogen-bond acceptors (Lipinski definition) is 6. The molecule has 0 saturated carbocycles. The summed E-state index contributed by atoms with van der Waals surface area (Å²) in [6, 6.07) is 17.7. The van der Waals surface area contributed by atoms with Crippen molar-refractivity contribution < 1.29 is 4.79 Å². The molecule has 0 atom stereocenters. The highest BCUT2D eigenvalue weighted by atomic mass is 35.5. The third-order valence-electron chi connectivity index (χ3n) is 7.76. The summed E-state index contributed by atoms with van der Waals surface area (Å²) in [5.74, 6) is 6.40. The molecule has 6 rings (SSSR count). The zero-order chi connectivity index (χ0) is 29.8. The molecule has 0 spiro atoms. The van der Waals surface area contributed by atoms with E-state index in [4.69, 9.17) is 28.3 Å². The van der Waals surface area contributed by atoms with Gasteiger partial charge in [0.05, 0.1) is 26.2 Å². The summed E-state index contributed by atoms with van der Waals surface area (Å²) in [6.07, 6.45) is 3.31. The molecule has 0 aliphatic carbocycles. The Morgan fingerprint density at radius 3 is 2.49 bits per heavy atom. The normalized spacial score (nSPS) is 16.1. The maximum absolute atomic E-state index is 13.9. The predicted octanol–water partition coefficient (Wildman–Crippen LogP) is 6.15. The van der Waals surface area contributed by atoms with Gasteiger partial charge in [0.1, 0.15) is 0 Å². The molecule has 222 valence electrons. The number of rotatable bonds is 6. The standard InChI is InChI=1S/C33H34Cl2N6OS/c1-23-5-7-24(8-6-23)9-11-26-12-14-30(43-26)32-27(22-39-19-15-36-16-20-39)31(33(42)38-40-17-3-2-4-18-40)37-41(32)29-13-10-25(34)21-28(29)35/h5-8,10,12-14,21,36H,2-4,15-20,22H2,1H3,(H,38,42). The zero-order valence-electron chi connectivity index (χ0n) is 24.1. The summed E-state index contributed by atoms with van der Waals surface area (Å²) in [4.78, 5) is 18.2. The number of hydrogen-bond donors (Lipinski definition) is 2. The number of nitrogens with one attached hydrogen (secondary N) is 2. The highest BCUT2D eigenvalue weighted by Crippen LogP contribution is 2.37. The van der Waals surface area contributed by atoms with Gasteiger partial charge in [0.25, 0.3) is 5.91 Å². The van der Waals surface area contributed by atoms with Gasteiger partial charge in [0.15, 0.2) is 5.69 Å². The van der Waals surface area contributed by atoms with Crippen LogP contribution in [0.4, 0.5) is 0 Å². The van der Waals surface area contributed by atoms with Gasteiger partial charge in [-0.25, -0.2) is 9.69 Å². The van der Waals surface area contributed by atoms with Crippen LogP contribution in [0.15, 0.2) is 54.6 Å². The quantitative estimate of drug-likeness (QED) is 0.250. The molecule has 4 aromatic rings. The molecule has 10 heteroatoms. The van der Waals surface area contributed by atoms with Crippen molar-refractivity contribution >= 4 is 40.4 Å². The number of halogens is 2. The Morgan fingerprint density at radius 2 is 1.74 bits per heavy atom. The molecular formula is C33H34Cl2N6OS. The van der Waals surface area contributed by atoms with Crippen molar-refractivity contribution in [2.45, 2.75) is 32.7 Å². The fraction of sp³-hybridized carbons (Fsp3) is 0.333. The van der Waals surface area contributed by atoms with Gasteiger partial charge in [-0.05, 0) is 62.2 Å². The lowest BCUT2D eigenvalue weighted by Gasteiger charge is -2.28. The molecule has 0 radical (unpaired) electrons. The molecule has 2 aliphatic heterocycles. The maximum atomic E-state index is 13.9. The van der Waals surface area contributed by atoms with Crippen LogP contribution in [-0.4, -0.2) is 64.9 Å². The van der Waals surface area contributed by atoms with Gasteiger partial charge in [-0.15, -0.1) is 11.3 Å². The summed E-state index contributed by atoms with van der Waals surface area (Å²) in [5, 5.41) is 11.4. The highest BCUT2D eigenvalue weighted by molar-refractivity contribution is 7.16. The zero-order valence-corrected chi connectivity index (χ0v) is 26.5. The van der Waals surface area contributed by atoms with Crippen molar-refractivity contribution in [1.82, 2.24) is 30.4 Å². The second kappa shape index (κ2) is 13.6. The largest absolute Gasteiger partial charge is 0.314 e. The number of benzene rings is 2. The number of nitrogens with zero attached hydrogens (tertiary/aromatic N) is 4. The lowest BCUT2D eigenvalue weighted by atomic mass is 10.1. The Morgan fingerprint density at radius 1 is 0.977 bits per heavy atom. The molecule has 2 aromatic heterocycles. The van der Waals surface area contributed by atoms with E-state index in [0.717, 1.165) is 78.7 Å². The smallest absolute Gasteiger partial charge is 0.286 e. The van der Waals surface area contributed by atoms with Gasteiger partial charge in [0, 0.05) is 62.0 Å². The molecule has 4 heterocycles. The van der Waals surface area contributed by atoms with E-state index in [9.17, 15) is 4.79 Å². The Balaban J connectivity index is 1.45. The minimum absolute atomic E-state index is 0.201. The number of piperazine rings is 1. The van der Waals surface area contributed by atoms with E-state index in [0.29, 0.717) is 28.0 Å². The number of piperidine rings is 1. The monoisotopic (exact) mass is 632 g/mol. The van der Waals surface area contributed by atoms with E-state index in [1.807, 2.05) is 34.0 Å². The molecule has 1 amide bonds. The topological polar surface area (TPSA) is 65.4 Å². The number of hydrazine groups is 1. The minimum Gasteiger partial charge on any atom is -0.314 e. The number of thiophene rings is 1. The van der Waals surface area contributed by atoms with Crippen molar-refractivity contribution in [3.63, 3.8) is 0 Å². The van der Waals surface area contributed by atoms with Gasteiger partial charge < -0.3 is 5.32 Å². The van der Waals surface area contributed by atoms with E-state index in [1.54, 1.807) is 23.5 Å². The third kappa shape index (κ3) is 7.15. The molecule has 7 nitrogen and oxygen atoms in total. The molecule has 2 aromatic carbocycles. The summed E-state index contributed by atoms with van der Waals surface area (Å²) in [7, 11) is 0. The number of carbonyl (C=O) groups excluding carboxylic acids is 1. The Bertz CT molecular complexity index is 1660. The van der Waals surface area contributed by atoms with Crippen molar-refractivity contribution in [3.8, 4) is 28.1 Å². The second-order valence-corrected chi connectivity index (χ2v) is 12.9. The first-order valence-electron chi connectivity index (χ1n) is 14.7. The SMILES string of the molecule is Cc1ccc(C#Cc2ccc(-c3c(CN4CCNCC4)c(C(=O)NN4CCCCC4)nn3-c3ccc(Cl)cc3Cl)s2)cc1. The predicted molar refractivity (Wildman–Crippen MR) is 175 cm³/mol. The minimum atomic E-state index is -0.201. The van der Waals surface area contributed by atoms with Crippen molar-refractivity contribution in [2.24, 2.45) is 0 Å². The van der Waals surface area contributed by atoms with Crippen LogP contribution in [0.25, 0.3) is 16.3 Å². The van der Waals surface area contributed by atoms with Crippen molar-refractivity contribution in [1.29, 1.82) is 0 Å². The fourth-order valence-electron chi connectivity index (χ4n) is 5.46. The fourth-order valence-corrected chi connectivity index (χ4v) is 6.87. The van der Waals surface area contributed by atoms with Crippen LogP contribution in [0.3, 0.4) is 0 Å². The van der Waals surface area contributed by atoms with Crippen LogP contribution in [0, 0.1) is 18.8 Å². The Labute approximate surface area is 266 Å². The second-order valence-electron chi connectivity index (χ2n) is 11.0. The van der Waals surface area contributed by atoms with Crippen molar-refractivity contribution in [3.05, 3.63) is 91.9 Å². The number of amides is 1. The van der Waals surface area contributed by atoms with E-state index in [1.165, 1.54) is 12.0 Å². The van der Waals surface area contributed by atoms with Crippen molar-refractivity contribution in [2.75, 3.05) is 39.3 Å². The first-order valence-corrected chi connectivity index (χ1v) is 16.3. The van der Waals surface area contributed by atoms with Gasteiger partial charge in [0.2, 0.25) is 0 Å². The average Bonchev–Trinajstić information content (AvgIpc) is 3.63. The van der Waals surface area contributed by atoms with Gasteiger partial charge >= 0.3 is 0 Å². The lowest BCUT2D eigenvalue weighted by molar-refractivity contribution is 0.0742. The number of carbonyl (C=O) groups is 1. The van der Waals surface area contributed by atoms with Gasteiger partial charge in [-0.2, -0.15) is 5.10 Å². The first-order chi connectivity index (χ1) is 20.9. The third-order valence-corrected chi connectivity index (χ3v) is 9.31. The van der Waals surface area contributed by atoms with Crippen LogP contribution >= 0.6 is 34.5 Å². The molecule has 0 unspecified atom stereocenters. The van der Waals surface area contributed by atoms with Gasteiger partial charge in [-0.1, -0.05) is 59.2 Å². The highest BCUT2D eigenvalue weighted by Gasteiger charge is 2.29. The van der Waals surface area contributed by atoms with Crippen LogP contribution in [-0.2, 0) is 6.54 Å². The van der Waals surface area contributed by atoms with Crippen LogP contribution in [0.1, 0.15) is 51.3 Å². The Hall–Kier alpha value is -3.16. The molecule has 0 bridgehead atoms. The summed E-state index contributed by atoms with van der Waals surface area (Å²) >= 11 is 14.6. The first kappa shape index (κ1) is 29.9. The number of aromatic nitrogens is 2. The van der Waals surface area contributed by atoms with Crippen LogP contribution < -0.4 is 10.7 Å². The summed E-state index contributed by atoms with van der Waals surface area (Å²) in [5.41, 5.74) is 8.11. The molecular weight excluding hydrogens is 599 g/mol. The molecule has 2 saturated heterocycles. The molecule has 2 fully saturated rings. The molecule has 2 aliphatic rings. The van der Waals surface area contributed by atoms with Crippen LogP contribution in [0.2, 0.25) is 10.0 Å². The Kier molecular flexibility index (Phi) is 9.49. The van der Waals surface area contributed by atoms with E-state index >= 15 is 0 Å². The van der Waals surface area contributed by atoms with E-state index < -0.39 is 0 Å². The average molecular weight is 634 g/mol. The summed E-state index contributed by atoms with van der Waals surface area (Å²) < 4.78 is 1.81. The maximum Gasteiger partial charge on any atom is 0.286 e. The molecule has 2 N–H and O–H groups in total. The van der Waals surface area contributed by atoms with Gasteiger partial charge in [-0.3, -0.25) is 15.1 Å². The summed E-state index contributed by atoms with van der Waals surface area (Å²) in [6.45, 7) is 7.91. The number of aryl methyl sites for hydroxylation is 1. The van der Waals surface area contributed by atoms with E-state index in [-0.39, 0.29) is 5.91 Å². The van der Waals surface area contributed by atoms with E-state index in [2.05, 4.69) is 52.6 Å².